The van der Waals surface area contributed by atoms with Gasteiger partial charge in [-0.2, -0.15) is 0 Å². The molecular weight excluding hydrogens is 344 g/mol. The number of anilines is 1. The molecule has 1 N–H and O–H groups in total. The highest BCUT2D eigenvalue weighted by Gasteiger charge is 2.16. The number of pyridine rings is 1. The minimum Gasteiger partial charge on any atom is -0.326 e. The van der Waals surface area contributed by atoms with Crippen LogP contribution in [0.25, 0.3) is 11.6 Å². The summed E-state index contributed by atoms with van der Waals surface area (Å²) < 4.78 is 0. The maximum Gasteiger partial charge on any atom is 0.224 e. The van der Waals surface area contributed by atoms with Crippen molar-refractivity contribution in [2.24, 2.45) is 0 Å². The number of aromatic nitrogens is 1. The molecule has 1 amide bonds. The Morgan fingerprint density at radius 2 is 1.85 bits per heavy atom. The number of hydrogen-bond acceptors (Lipinski definition) is 2. The fraction of sp³-hybridized carbons (Fsp3) is 0.0909. The summed E-state index contributed by atoms with van der Waals surface area (Å²) in [6, 6.07) is 18.0. The minimum absolute atomic E-state index is 0.0778. The molecule has 2 heterocycles. The Balaban J connectivity index is 1.82. The molecule has 0 bridgehead atoms. The first-order valence-electron chi connectivity index (χ1n) is 8.50. The molecule has 1 aromatic heterocycles. The third-order valence-corrected chi connectivity index (χ3v) is 4.71. The fourth-order valence-corrected chi connectivity index (χ4v) is 3.27. The van der Waals surface area contributed by atoms with Crippen molar-refractivity contribution in [1.82, 2.24) is 4.98 Å². The molecule has 0 atom stereocenters. The van der Waals surface area contributed by atoms with Gasteiger partial charge in [0.2, 0.25) is 5.91 Å². The van der Waals surface area contributed by atoms with Crippen LogP contribution in [-0.2, 0) is 11.2 Å². The normalized spacial score (nSPS) is 13.9. The number of aryl methyl sites for hydroxylation is 1. The van der Waals surface area contributed by atoms with E-state index in [2.05, 4.69) is 22.4 Å². The van der Waals surface area contributed by atoms with Gasteiger partial charge in [-0.15, -0.1) is 0 Å². The van der Waals surface area contributed by atoms with E-state index in [1.54, 1.807) is 6.20 Å². The lowest BCUT2D eigenvalue weighted by atomic mass is 9.92. The maximum absolute atomic E-state index is 11.6. The molecule has 0 saturated heterocycles. The smallest absolute Gasteiger partial charge is 0.224 e. The molecule has 3 nitrogen and oxygen atoms in total. The molecule has 0 fully saturated rings. The third kappa shape index (κ3) is 3.53. The Bertz CT molecular complexity index is 979. The number of amides is 1. The highest BCUT2D eigenvalue weighted by Crippen LogP contribution is 2.31. The quantitative estimate of drug-likeness (QED) is 0.696. The monoisotopic (exact) mass is 360 g/mol. The first kappa shape index (κ1) is 16.6. The van der Waals surface area contributed by atoms with Crippen molar-refractivity contribution in [2.75, 3.05) is 5.32 Å². The van der Waals surface area contributed by atoms with Gasteiger partial charge < -0.3 is 5.32 Å². The predicted octanol–water partition coefficient (Wildman–Crippen LogP) is 5.21. The zero-order valence-corrected chi connectivity index (χ0v) is 14.8. The van der Waals surface area contributed by atoms with E-state index in [1.807, 2.05) is 54.7 Å². The Kier molecular flexibility index (Phi) is 4.55. The second-order valence-corrected chi connectivity index (χ2v) is 6.71. The fourth-order valence-electron chi connectivity index (χ4n) is 3.14. The van der Waals surface area contributed by atoms with Crippen LogP contribution >= 0.6 is 11.6 Å². The lowest BCUT2D eigenvalue weighted by Crippen LogP contribution is -2.18. The number of nitrogens with one attached hydrogen (secondary N) is 1. The standard InChI is InChI=1S/C22H17ClN2O/c23-19-7-3-16(4-8-19)20(12-15-2-1-11-24-14-15)17-5-9-21-18(13-17)6-10-22(26)25-21/h1-5,7-9,11-14H,6,10H2,(H,25,26)/b20-12+. The topological polar surface area (TPSA) is 42.0 Å². The average molecular weight is 361 g/mol. The molecule has 1 aliphatic rings. The summed E-state index contributed by atoms with van der Waals surface area (Å²) in [4.78, 5) is 15.8. The Morgan fingerprint density at radius 3 is 2.62 bits per heavy atom. The van der Waals surface area contributed by atoms with Crippen LogP contribution < -0.4 is 5.32 Å². The van der Waals surface area contributed by atoms with E-state index < -0.39 is 0 Å². The van der Waals surface area contributed by atoms with Gasteiger partial charge in [-0.05, 0) is 70.7 Å². The summed E-state index contributed by atoms with van der Waals surface area (Å²) in [7, 11) is 0. The highest BCUT2D eigenvalue weighted by atomic mass is 35.5. The minimum atomic E-state index is 0.0778. The van der Waals surface area contributed by atoms with Crippen molar-refractivity contribution in [2.45, 2.75) is 12.8 Å². The van der Waals surface area contributed by atoms with Crippen molar-refractivity contribution in [3.63, 3.8) is 0 Å². The Morgan fingerprint density at radius 1 is 1.04 bits per heavy atom. The van der Waals surface area contributed by atoms with E-state index in [0.29, 0.717) is 11.4 Å². The molecule has 26 heavy (non-hydrogen) atoms. The summed E-state index contributed by atoms with van der Waals surface area (Å²) in [5.74, 6) is 0.0778. The molecule has 4 heteroatoms. The third-order valence-electron chi connectivity index (χ3n) is 4.46. The van der Waals surface area contributed by atoms with Crippen LogP contribution in [0.1, 0.15) is 28.7 Å². The lowest BCUT2D eigenvalue weighted by Gasteiger charge is -2.19. The number of halogens is 1. The van der Waals surface area contributed by atoms with Gasteiger partial charge in [-0.1, -0.05) is 35.9 Å². The van der Waals surface area contributed by atoms with Crippen molar-refractivity contribution in [1.29, 1.82) is 0 Å². The van der Waals surface area contributed by atoms with Crippen LogP contribution in [-0.4, -0.2) is 10.9 Å². The van der Waals surface area contributed by atoms with E-state index in [4.69, 9.17) is 11.6 Å². The molecule has 2 aromatic carbocycles. The van der Waals surface area contributed by atoms with Gasteiger partial charge in [0.1, 0.15) is 0 Å². The number of fused-ring (bicyclic) bond motifs is 1. The van der Waals surface area contributed by atoms with E-state index in [-0.39, 0.29) is 5.91 Å². The van der Waals surface area contributed by atoms with Gasteiger partial charge in [0, 0.05) is 29.5 Å². The average Bonchev–Trinajstić information content (AvgIpc) is 2.67. The van der Waals surface area contributed by atoms with Crippen LogP contribution in [0, 0.1) is 0 Å². The molecule has 0 radical (unpaired) electrons. The summed E-state index contributed by atoms with van der Waals surface area (Å²) in [6.07, 6.45) is 7.02. The number of carbonyl (C=O) groups excluding carboxylic acids is 1. The number of rotatable bonds is 3. The van der Waals surface area contributed by atoms with Crippen LogP contribution in [0.5, 0.6) is 0 Å². The zero-order valence-electron chi connectivity index (χ0n) is 14.1. The van der Waals surface area contributed by atoms with Crippen molar-refractivity contribution < 1.29 is 4.79 Å². The highest BCUT2D eigenvalue weighted by molar-refractivity contribution is 6.30. The van der Waals surface area contributed by atoms with Crippen molar-refractivity contribution >= 4 is 34.8 Å². The van der Waals surface area contributed by atoms with Gasteiger partial charge >= 0.3 is 0 Å². The molecule has 0 saturated carbocycles. The van der Waals surface area contributed by atoms with Gasteiger partial charge in [-0.3, -0.25) is 9.78 Å². The number of hydrogen-bond donors (Lipinski definition) is 1. The Labute approximate surface area is 157 Å². The lowest BCUT2D eigenvalue weighted by molar-refractivity contribution is -0.116. The summed E-state index contributed by atoms with van der Waals surface area (Å²) in [6.45, 7) is 0. The van der Waals surface area contributed by atoms with Crippen LogP contribution in [0.15, 0.2) is 67.0 Å². The van der Waals surface area contributed by atoms with E-state index >= 15 is 0 Å². The van der Waals surface area contributed by atoms with E-state index in [0.717, 1.165) is 39.9 Å². The van der Waals surface area contributed by atoms with Gasteiger partial charge in [0.15, 0.2) is 0 Å². The second-order valence-electron chi connectivity index (χ2n) is 6.27. The molecule has 0 unspecified atom stereocenters. The van der Waals surface area contributed by atoms with Gasteiger partial charge in [0.25, 0.3) is 0 Å². The number of benzene rings is 2. The largest absolute Gasteiger partial charge is 0.326 e. The summed E-state index contributed by atoms with van der Waals surface area (Å²) >= 11 is 6.06. The SMILES string of the molecule is O=C1CCc2cc(/C(=C/c3cccnc3)c3ccc(Cl)cc3)ccc2N1. The first-order valence-corrected chi connectivity index (χ1v) is 8.88. The van der Waals surface area contributed by atoms with Gasteiger partial charge in [0.05, 0.1) is 0 Å². The van der Waals surface area contributed by atoms with E-state index in [9.17, 15) is 4.79 Å². The molecule has 0 aliphatic carbocycles. The molecular formula is C22H17ClN2O. The molecule has 0 spiro atoms. The van der Waals surface area contributed by atoms with Gasteiger partial charge in [-0.25, -0.2) is 0 Å². The Hall–Kier alpha value is -2.91. The van der Waals surface area contributed by atoms with Crippen molar-refractivity contribution in [3.8, 4) is 0 Å². The first-order chi connectivity index (χ1) is 12.7. The van der Waals surface area contributed by atoms with Crippen molar-refractivity contribution in [3.05, 3.63) is 94.3 Å². The predicted molar refractivity (Wildman–Crippen MR) is 106 cm³/mol. The summed E-state index contributed by atoms with van der Waals surface area (Å²) in [5.41, 5.74) is 6.37. The molecule has 4 rings (SSSR count). The number of carbonyl (C=O) groups is 1. The molecule has 128 valence electrons. The summed E-state index contributed by atoms with van der Waals surface area (Å²) in [5, 5.41) is 3.65. The maximum atomic E-state index is 11.6. The number of nitrogens with zero attached hydrogens (tertiary/aromatic N) is 1. The van der Waals surface area contributed by atoms with E-state index in [1.165, 1.54) is 0 Å². The molecule has 3 aromatic rings. The zero-order chi connectivity index (χ0) is 17.9. The second kappa shape index (κ2) is 7.14. The van der Waals surface area contributed by atoms with Crippen LogP contribution in [0.3, 0.4) is 0 Å². The molecule has 1 aliphatic heterocycles. The van der Waals surface area contributed by atoms with Crippen LogP contribution in [0.4, 0.5) is 5.69 Å². The van der Waals surface area contributed by atoms with Crippen LogP contribution in [0.2, 0.25) is 5.02 Å².